The molecule has 1 aliphatic heterocycles. The Balaban J connectivity index is 0.000000963. The van der Waals surface area contributed by atoms with Gasteiger partial charge in [-0.1, -0.05) is 12.2 Å². The predicted molar refractivity (Wildman–Crippen MR) is 70.0 cm³/mol. The molecule has 2 nitrogen and oxygen atoms in total. The number of hydrogen-bond donors (Lipinski definition) is 0. The number of hydrogen-bond acceptors (Lipinski definition) is 2. The van der Waals surface area contributed by atoms with Crippen molar-refractivity contribution in [2.45, 2.75) is 12.8 Å². The third-order valence-electron chi connectivity index (χ3n) is 4.50. The molecule has 2 bridgehead atoms. The molecule has 3 unspecified atom stereocenters. The molecule has 3 heteroatoms. The molecule has 0 aromatic heterocycles. The lowest BCUT2D eigenvalue weighted by atomic mass is 9.93. The Morgan fingerprint density at radius 1 is 1.06 bits per heavy atom. The monoisotopic (exact) mass is 242 g/mol. The Bertz CT molecular complexity index is 259. The number of allylic oxidation sites excluding steroid dienone is 2. The summed E-state index contributed by atoms with van der Waals surface area (Å²) in [6, 6.07) is 0. The average Bonchev–Trinajstić information content (AvgIpc) is 2.83. The van der Waals surface area contributed by atoms with Crippen LogP contribution in [0.15, 0.2) is 12.2 Å². The van der Waals surface area contributed by atoms with Gasteiger partial charge in [0.1, 0.15) is 0 Å². The summed E-state index contributed by atoms with van der Waals surface area (Å²) in [4.78, 5) is 5.12. The van der Waals surface area contributed by atoms with Gasteiger partial charge in [-0.15, -0.1) is 12.4 Å². The minimum Gasteiger partial charge on any atom is -0.304 e. The number of halogens is 1. The van der Waals surface area contributed by atoms with Crippen LogP contribution in [0.3, 0.4) is 0 Å². The summed E-state index contributed by atoms with van der Waals surface area (Å²) in [5, 5.41) is 0. The molecule has 1 heterocycles. The molecule has 16 heavy (non-hydrogen) atoms. The van der Waals surface area contributed by atoms with Gasteiger partial charge in [0.15, 0.2) is 0 Å². The molecule has 0 N–H and O–H groups in total. The Hall–Kier alpha value is -0.0500. The lowest BCUT2D eigenvalue weighted by Crippen LogP contribution is -2.46. The summed E-state index contributed by atoms with van der Waals surface area (Å²) in [5.74, 6) is 2.84. The van der Waals surface area contributed by atoms with Gasteiger partial charge in [-0.3, -0.25) is 0 Å². The van der Waals surface area contributed by atoms with E-state index in [-0.39, 0.29) is 12.4 Å². The average molecular weight is 243 g/mol. The first kappa shape index (κ1) is 12.4. The summed E-state index contributed by atoms with van der Waals surface area (Å²) in [7, 11) is 2.23. The summed E-state index contributed by atoms with van der Waals surface area (Å²) < 4.78 is 0. The van der Waals surface area contributed by atoms with E-state index in [1.165, 1.54) is 45.6 Å². The largest absolute Gasteiger partial charge is 0.304 e. The second-order valence-corrected chi connectivity index (χ2v) is 5.64. The van der Waals surface area contributed by atoms with E-state index in [1.807, 2.05) is 0 Å². The highest BCUT2D eigenvalue weighted by molar-refractivity contribution is 5.85. The highest BCUT2D eigenvalue weighted by Crippen LogP contribution is 2.43. The number of rotatable bonds is 2. The van der Waals surface area contributed by atoms with Crippen molar-refractivity contribution in [1.29, 1.82) is 0 Å². The van der Waals surface area contributed by atoms with E-state index in [2.05, 4.69) is 29.0 Å². The zero-order valence-corrected chi connectivity index (χ0v) is 11.0. The molecule has 3 atom stereocenters. The molecule has 0 amide bonds. The van der Waals surface area contributed by atoms with Crippen molar-refractivity contribution < 1.29 is 0 Å². The fourth-order valence-corrected chi connectivity index (χ4v) is 3.47. The third kappa shape index (κ3) is 2.44. The van der Waals surface area contributed by atoms with Crippen molar-refractivity contribution in [3.63, 3.8) is 0 Å². The van der Waals surface area contributed by atoms with Crippen molar-refractivity contribution in [3.8, 4) is 0 Å². The van der Waals surface area contributed by atoms with Crippen LogP contribution in [-0.4, -0.2) is 49.6 Å². The fraction of sp³-hybridized carbons (Fsp3) is 0.846. The highest BCUT2D eigenvalue weighted by Gasteiger charge is 2.36. The van der Waals surface area contributed by atoms with Crippen molar-refractivity contribution in [2.75, 3.05) is 39.8 Å². The smallest absolute Gasteiger partial charge is 0.0110 e. The van der Waals surface area contributed by atoms with Crippen LogP contribution in [0, 0.1) is 17.8 Å². The molecular formula is C13H23ClN2. The molecule has 92 valence electrons. The van der Waals surface area contributed by atoms with Gasteiger partial charge in [-0.25, -0.2) is 0 Å². The fourth-order valence-electron chi connectivity index (χ4n) is 3.47. The first-order valence-electron chi connectivity index (χ1n) is 6.40. The van der Waals surface area contributed by atoms with E-state index in [9.17, 15) is 0 Å². The molecule has 2 aliphatic carbocycles. The van der Waals surface area contributed by atoms with Crippen LogP contribution >= 0.6 is 12.4 Å². The summed E-state index contributed by atoms with van der Waals surface area (Å²) in [5.41, 5.74) is 0. The van der Waals surface area contributed by atoms with Crippen molar-refractivity contribution in [3.05, 3.63) is 12.2 Å². The van der Waals surface area contributed by atoms with Crippen LogP contribution in [0.4, 0.5) is 0 Å². The van der Waals surface area contributed by atoms with Gasteiger partial charge in [0.05, 0.1) is 0 Å². The van der Waals surface area contributed by atoms with Crippen LogP contribution in [0.2, 0.25) is 0 Å². The molecule has 3 rings (SSSR count). The van der Waals surface area contributed by atoms with Gasteiger partial charge in [0, 0.05) is 32.7 Å². The second-order valence-electron chi connectivity index (χ2n) is 5.64. The molecule has 2 fully saturated rings. The quantitative estimate of drug-likeness (QED) is 0.683. The van der Waals surface area contributed by atoms with Crippen LogP contribution < -0.4 is 0 Å². The van der Waals surface area contributed by atoms with E-state index in [1.54, 1.807) is 0 Å². The van der Waals surface area contributed by atoms with E-state index >= 15 is 0 Å². The van der Waals surface area contributed by atoms with Crippen molar-refractivity contribution >= 4 is 12.4 Å². The number of nitrogens with zero attached hydrogens (tertiary/aromatic N) is 2. The lowest BCUT2D eigenvalue weighted by Gasteiger charge is -2.35. The minimum absolute atomic E-state index is 0. The second kappa shape index (κ2) is 5.07. The SMILES string of the molecule is CN1CCN(CC2CC3C=CC2C3)CC1.Cl. The zero-order valence-electron chi connectivity index (χ0n) is 10.1. The highest BCUT2D eigenvalue weighted by atomic mass is 35.5. The maximum absolute atomic E-state index is 2.68. The Kier molecular flexibility index (Phi) is 3.93. The van der Waals surface area contributed by atoms with Crippen LogP contribution in [-0.2, 0) is 0 Å². The molecule has 3 aliphatic rings. The topological polar surface area (TPSA) is 6.48 Å². The van der Waals surface area contributed by atoms with Gasteiger partial charge in [0.25, 0.3) is 0 Å². The van der Waals surface area contributed by atoms with E-state index in [0.29, 0.717) is 0 Å². The Morgan fingerprint density at radius 2 is 1.81 bits per heavy atom. The number of fused-ring (bicyclic) bond motifs is 2. The third-order valence-corrected chi connectivity index (χ3v) is 4.50. The first-order chi connectivity index (χ1) is 7.31. The van der Waals surface area contributed by atoms with E-state index in [4.69, 9.17) is 0 Å². The summed E-state index contributed by atoms with van der Waals surface area (Å²) in [6.45, 7) is 6.45. The van der Waals surface area contributed by atoms with Gasteiger partial charge in [0.2, 0.25) is 0 Å². The lowest BCUT2D eigenvalue weighted by molar-refractivity contribution is 0.130. The van der Waals surface area contributed by atoms with Gasteiger partial charge < -0.3 is 9.80 Å². The normalized spacial score (nSPS) is 38.9. The van der Waals surface area contributed by atoms with Gasteiger partial charge in [-0.2, -0.15) is 0 Å². The molecule has 0 spiro atoms. The minimum atomic E-state index is 0. The molecular weight excluding hydrogens is 220 g/mol. The molecule has 1 saturated carbocycles. The van der Waals surface area contributed by atoms with Gasteiger partial charge >= 0.3 is 0 Å². The summed E-state index contributed by atoms with van der Waals surface area (Å²) in [6.07, 6.45) is 7.85. The van der Waals surface area contributed by atoms with Crippen LogP contribution in [0.25, 0.3) is 0 Å². The number of piperazine rings is 1. The molecule has 0 aromatic carbocycles. The van der Waals surface area contributed by atoms with Crippen molar-refractivity contribution in [1.82, 2.24) is 9.80 Å². The molecule has 1 saturated heterocycles. The maximum atomic E-state index is 2.68. The van der Waals surface area contributed by atoms with Gasteiger partial charge in [-0.05, 0) is 37.6 Å². The van der Waals surface area contributed by atoms with Crippen molar-refractivity contribution in [2.24, 2.45) is 17.8 Å². The summed E-state index contributed by atoms with van der Waals surface area (Å²) >= 11 is 0. The van der Waals surface area contributed by atoms with Crippen LogP contribution in [0.5, 0.6) is 0 Å². The standard InChI is InChI=1S/C13H22N2.ClH/c1-14-4-6-15(7-5-14)10-13-9-11-2-3-12(13)8-11;/h2-3,11-13H,4-10H2,1H3;1H. The molecule has 0 aromatic rings. The predicted octanol–water partition coefficient (Wildman–Crippen LogP) is 1.87. The molecule has 0 radical (unpaired) electrons. The first-order valence-corrected chi connectivity index (χ1v) is 6.40. The van der Waals surface area contributed by atoms with E-state index in [0.717, 1.165) is 17.8 Å². The number of likely N-dealkylation sites (N-methyl/N-ethyl adjacent to an activating group) is 1. The Morgan fingerprint density at radius 3 is 2.38 bits per heavy atom. The van der Waals surface area contributed by atoms with E-state index < -0.39 is 0 Å². The maximum Gasteiger partial charge on any atom is 0.0110 e. The Labute approximate surface area is 105 Å². The van der Waals surface area contributed by atoms with Crippen LogP contribution in [0.1, 0.15) is 12.8 Å². The zero-order chi connectivity index (χ0) is 10.3.